The molecule has 0 aliphatic heterocycles. The molecule has 1 heterocycles. The van der Waals surface area contributed by atoms with E-state index in [1.807, 2.05) is 6.07 Å². The summed E-state index contributed by atoms with van der Waals surface area (Å²) >= 11 is 1.78. The molecule has 0 aliphatic carbocycles. The van der Waals surface area contributed by atoms with Gasteiger partial charge in [-0.05, 0) is 35.4 Å². The van der Waals surface area contributed by atoms with E-state index in [9.17, 15) is 5.11 Å². The molecule has 0 bridgehead atoms. The Hall–Kier alpha value is -0.860. The third-order valence-corrected chi connectivity index (χ3v) is 3.80. The van der Waals surface area contributed by atoms with Crippen LogP contribution in [0.15, 0.2) is 17.5 Å². The van der Waals surface area contributed by atoms with Gasteiger partial charge in [-0.1, -0.05) is 19.1 Å². The predicted octanol–water partition coefficient (Wildman–Crippen LogP) is 3.26. The molecule has 0 saturated carbocycles. The Morgan fingerprint density at radius 1 is 1.29 bits per heavy atom. The van der Waals surface area contributed by atoms with E-state index in [-0.39, 0.29) is 6.61 Å². The first-order valence-electron chi connectivity index (χ1n) is 4.87. The van der Waals surface area contributed by atoms with Gasteiger partial charge in [0, 0.05) is 10.1 Å². The fourth-order valence-electron chi connectivity index (χ4n) is 1.81. The predicted molar refractivity (Wildman–Crippen MR) is 61.9 cm³/mol. The molecule has 1 aromatic carbocycles. The maximum absolute atomic E-state index is 9.27. The number of rotatable bonds is 2. The van der Waals surface area contributed by atoms with Crippen LogP contribution >= 0.6 is 11.3 Å². The van der Waals surface area contributed by atoms with Gasteiger partial charge in [0.25, 0.3) is 0 Å². The van der Waals surface area contributed by atoms with Crippen molar-refractivity contribution in [1.82, 2.24) is 0 Å². The van der Waals surface area contributed by atoms with Crippen molar-refractivity contribution >= 4 is 21.4 Å². The molecule has 0 atom stereocenters. The summed E-state index contributed by atoms with van der Waals surface area (Å²) in [5.74, 6) is 0. The minimum absolute atomic E-state index is 0.139. The molecule has 0 spiro atoms. The molecule has 0 unspecified atom stereocenters. The van der Waals surface area contributed by atoms with Crippen molar-refractivity contribution in [2.45, 2.75) is 26.9 Å². The minimum atomic E-state index is 0.139. The average molecular weight is 206 g/mol. The van der Waals surface area contributed by atoms with Crippen molar-refractivity contribution in [3.63, 3.8) is 0 Å². The Kier molecular flexibility index (Phi) is 2.57. The minimum Gasteiger partial charge on any atom is -0.392 e. The van der Waals surface area contributed by atoms with E-state index in [2.05, 4.69) is 25.3 Å². The molecule has 2 rings (SSSR count). The zero-order valence-electron chi connectivity index (χ0n) is 8.50. The molecule has 1 aromatic heterocycles. The lowest BCUT2D eigenvalue weighted by atomic mass is 10.0. The highest BCUT2D eigenvalue weighted by Gasteiger charge is 2.08. The number of aryl methyl sites for hydroxylation is 2. The zero-order chi connectivity index (χ0) is 10.1. The van der Waals surface area contributed by atoms with Crippen LogP contribution in [0.25, 0.3) is 10.1 Å². The smallest absolute Gasteiger partial charge is 0.0688 e. The Morgan fingerprint density at radius 3 is 2.71 bits per heavy atom. The topological polar surface area (TPSA) is 20.2 Å². The molecular weight excluding hydrogens is 192 g/mol. The second-order valence-corrected chi connectivity index (χ2v) is 4.40. The lowest BCUT2D eigenvalue weighted by Gasteiger charge is -2.04. The molecule has 1 N–H and O–H groups in total. The van der Waals surface area contributed by atoms with Crippen molar-refractivity contribution in [3.05, 3.63) is 34.2 Å². The number of thiophene rings is 1. The van der Waals surface area contributed by atoms with Crippen molar-refractivity contribution in [2.24, 2.45) is 0 Å². The van der Waals surface area contributed by atoms with Crippen LogP contribution in [0.5, 0.6) is 0 Å². The van der Waals surface area contributed by atoms with E-state index in [0.717, 1.165) is 12.0 Å². The van der Waals surface area contributed by atoms with Crippen LogP contribution in [0.4, 0.5) is 0 Å². The van der Waals surface area contributed by atoms with Crippen molar-refractivity contribution < 1.29 is 5.11 Å². The SMILES string of the molecule is CCc1csc2c(C)ccc(CO)c12. The molecule has 1 nitrogen and oxygen atoms in total. The molecule has 14 heavy (non-hydrogen) atoms. The van der Waals surface area contributed by atoms with Gasteiger partial charge in [0.15, 0.2) is 0 Å². The summed E-state index contributed by atoms with van der Waals surface area (Å²) in [6.45, 7) is 4.42. The first-order chi connectivity index (χ1) is 6.77. The van der Waals surface area contributed by atoms with Crippen LogP contribution in [-0.4, -0.2) is 5.11 Å². The number of fused-ring (bicyclic) bond motifs is 1. The third kappa shape index (κ3) is 1.35. The largest absolute Gasteiger partial charge is 0.392 e. The standard InChI is InChI=1S/C12H14OS/c1-3-9-7-14-12-8(2)4-5-10(6-13)11(9)12/h4-5,7,13H,3,6H2,1-2H3. The van der Waals surface area contributed by atoms with Crippen LogP contribution in [0.1, 0.15) is 23.6 Å². The molecule has 0 fully saturated rings. The van der Waals surface area contributed by atoms with Gasteiger partial charge in [-0.2, -0.15) is 0 Å². The first-order valence-corrected chi connectivity index (χ1v) is 5.75. The van der Waals surface area contributed by atoms with Gasteiger partial charge in [0.2, 0.25) is 0 Å². The van der Waals surface area contributed by atoms with Crippen LogP contribution < -0.4 is 0 Å². The highest BCUT2D eigenvalue weighted by atomic mass is 32.1. The van der Waals surface area contributed by atoms with Crippen LogP contribution in [0.3, 0.4) is 0 Å². The molecule has 0 aliphatic rings. The quantitative estimate of drug-likeness (QED) is 0.799. The number of aliphatic hydroxyl groups is 1. The van der Waals surface area contributed by atoms with Gasteiger partial charge in [0.05, 0.1) is 6.61 Å². The fourth-order valence-corrected chi connectivity index (χ4v) is 2.99. The normalized spacial score (nSPS) is 11.1. The van der Waals surface area contributed by atoms with E-state index >= 15 is 0 Å². The van der Waals surface area contributed by atoms with E-state index in [0.29, 0.717) is 0 Å². The summed E-state index contributed by atoms with van der Waals surface area (Å²) in [5, 5.41) is 12.8. The van der Waals surface area contributed by atoms with Gasteiger partial charge in [-0.3, -0.25) is 0 Å². The molecule has 2 aromatic rings. The highest BCUT2D eigenvalue weighted by Crippen LogP contribution is 2.32. The summed E-state index contributed by atoms with van der Waals surface area (Å²) in [7, 11) is 0. The zero-order valence-corrected chi connectivity index (χ0v) is 9.32. The summed E-state index contributed by atoms with van der Waals surface area (Å²) < 4.78 is 1.33. The molecule has 0 saturated heterocycles. The number of aliphatic hydroxyl groups excluding tert-OH is 1. The molecule has 0 amide bonds. The summed E-state index contributed by atoms with van der Waals surface area (Å²) in [6.07, 6.45) is 1.04. The molecule has 0 radical (unpaired) electrons. The van der Waals surface area contributed by atoms with Gasteiger partial charge >= 0.3 is 0 Å². The lowest BCUT2D eigenvalue weighted by molar-refractivity contribution is 0.283. The van der Waals surface area contributed by atoms with Crippen LogP contribution in [0.2, 0.25) is 0 Å². The maximum Gasteiger partial charge on any atom is 0.0688 e. The van der Waals surface area contributed by atoms with E-state index in [1.54, 1.807) is 11.3 Å². The van der Waals surface area contributed by atoms with Gasteiger partial charge < -0.3 is 5.11 Å². The third-order valence-electron chi connectivity index (χ3n) is 2.63. The van der Waals surface area contributed by atoms with Crippen LogP contribution in [0, 0.1) is 6.92 Å². The number of benzene rings is 1. The van der Waals surface area contributed by atoms with Crippen molar-refractivity contribution in [2.75, 3.05) is 0 Å². The number of hydrogen-bond acceptors (Lipinski definition) is 2. The molecule has 74 valence electrons. The Labute approximate surface area is 88.0 Å². The fraction of sp³-hybridized carbons (Fsp3) is 0.333. The monoisotopic (exact) mass is 206 g/mol. The van der Waals surface area contributed by atoms with E-state index in [4.69, 9.17) is 0 Å². The Balaban J connectivity index is 2.82. The van der Waals surface area contributed by atoms with Gasteiger partial charge in [-0.15, -0.1) is 11.3 Å². The van der Waals surface area contributed by atoms with Crippen molar-refractivity contribution in [3.8, 4) is 0 Å². The Bertz CT molecular complexity index is 457. The average Bonchev–Trinajstić information content (AvgIpc) is 2.63. The highest BCUT2D eigenvalue weighted by molar-refractivity contribution is 7.17. The lowest BCUT2D eigenvalue weighted by Crippen LogP contribution is -1.88. The summed E-state index contributed by atoms with van der Waals surface area (Å²) in [5.41, 5.74) is 3.73. The summed E-state index contributed by atoms with van der Waals surface area (Å²) in [4.78, 5) is 0. The molecule has 2 heteroatoms. The van der Waals surface area contributed by atoms with Crippen LogP contribution in [-0.2, 0) is 13.0 Å². The van der Waals surface area contributed by atoms with Gasteiger partial charge in [0.1, 0.15) is 0 Å². The van der Waals surface area contributed by atoms with E-state index < -0.39 is 0 Å². The summed E-state index contributed by atoms with van der Waals surface area (Å²) in [6, 6.07) is 4.12. The second kappa shape index (κ2) is 3.71. The molecular formula is C12H14OS. The maximum atomic E-state index is 9.27. The second-order valence-electron chi connectivity index (χ2n) is 3.52. The van der Waals surface area contributed by atoms with Gasteiger partial charge in [-0.25, -0.2) is 0 Å². The van der Waals surface area contributed by atoms with E-state index in [1.165, 1.54) is 21.2 Å². The number of hydrogen-bond donors (Lipinski definition) is 1. The Morgan fingerprint density at radius 2 is 2.07 bits per heavy atom. The first kappa shape index (κ1) is 9.69. The van der Waals surface area contributed by atoms with Crippen molar-refractivity contribution in [1.29, 1.82) is 0 Å².